The molecule has 2 heteroatoms. The summed E-state index contributed by atoms with van der Waals surface area (Å²) in [4.78, 5) is 0. The Morgan fingerprint density at radius 1 is 1.00 bits per heavy atom. The summed E-state index contributed by atoms with van der Waals surface area (Å²) in [6.45, 7) is 6.52. The molecule has 0 fully saturated rings. The van der Waals surface area contributed by atoms with Gasteiger partial charge in [0.25, 0.3) is 0 Å². The van der Waals surface area contributed by atoms with E-state index >= 15 is 0 Å². The number of aryl methyl sites for hydroxylation is 2. The van der Waals surface area contributed by atoms with Crippen LogP contribution >= 0.6 is 22.6 Å². The molecule has 0 bridgehead atoms. The number of para-hydroxylation sites is 1. The summed E-state index contributed by atoms with van der Waals surface area (Å²) in [7, 11) is 0. The topological polar surface area (TPSA) is 12.0 Å². The summed E-state index contributed by atoms with van der Waals surface area (Å²) in [5, 5.41) is 3.57. The summed E-state index contributed by atoms with van der Waals surface area (Å²) in [5.41, 5.74) is 5.23. The van der Waals surface area contributed by atoms with Crippen LogP contribution in [0.3, 0.4) is 0 Å². The molecular formula is C16H18IN. The van der Waals surface area contributed by atoms with E-state index in [0.29, 0.717) is 6.04 Å². The fourth-order valence-corrected chi connectivity index (χ4v) is 2.47. The molecule has 0 radical (unpaired) electrons. The van der Waals surface area contributed by atoms with Crippen molar-refractivity contribution in [2.75, 3.05) is 5.32 Å². The van der Waals surface area contributed by atoms with Crippen LogP contribution in [0, 0.1) is 17.4 Å². The van der Waals surface area contributed by atoms with Crippen LogP contribution in [0.25, 0.3) is 0 Å². The van der Waals surface area contributed by atoms with Gasteiger partial charge in [-0.05, 0) is 72.2 Å². The number of hydrogen-bond donors (Lipinski definition) is 1. The van der Waals surface area contributed by atoms with Crippen LogP contribution in [-0.2, 0) is 0 Å². The predicted octanol–water partition coefficient (Wildman–Crippen LogP) is 5.08. The molecule has 0 saturated carbocycles. The Balaban J connectivity index is 2.19. The van der Waals surface area contributed by atoms with Crippen molar-refractivity contribution in [1.82, 2.24) is 0 Å². The van der Waals surface area contributed by atoms with Crippen molar-refractivity contribution in [2.45, 2.75) is 26.8 Å². The molecule has 18 heavy (non-hydrogen) atoms. The molecule has 1 nitrogen and oxygen atoms in total. The Morgan fingerprint density at radius 2 is 1.72 bits per heavy atom. The van der Waals surface area contributed by atoms with Crippen molar-refractivity contribution in [2.24, 2.45) is 0 Å². The average Bonchev–Trinajstić information content (AvgIpc) is 2.35. The summed E-state index contributed by atoms with van der Waals surface area (Å²) >= 11 is 2.36. The number of halogens is 1. The maximum absolute atomic E-state index is 3.57. The van der Waals surface area contributed by atoms with Gasteiger partial charge in [-0.3, -0.25) is 0 Å². The van der Waals surface area contributed by atoms with Crippen LogP contribution < -0.4 is 5.32 Å². The average molecular weight is 351 g/mol. The van der Waals surface area contributed by atoms with Gasteiger partial charge in [0.15, 0.2) is 0 Å². The molecule has 94 valence electrons. The highest BCUT2D eigenvalue weighted by molar-refractivity contribution is 14.1. The number of benzene rings is 2. The summed E-state index contributed by atoms with van der Waals surface area (Å²) in [6, 6.07) is 15.4. The van der Waals surface area contributed by atoms with Gasteiger partial charge in [0.2, 0.25) is 0 Å². The minimum atomic E-state index is 0.320. The number of rotatable bonds is 3. The van der Waals surface area contributed by atoms with E-state index in [0.717, 1.165) is 0 Å². The second-order valence-corrected chi connectivity index (χ2v) is 5.85. The molecule has 0 spiro atoms. The molecule has 0 aliphatic carbocycles. The fourth-order valence-electron chi connectivity index (χ4n) is 1.93. The van der Waals surface area contributed by atoms with Gasteiger partial charge in [0.05, 0.1) is 0 Å². The minimum Gasteiger partial charge on any atom is -0.378 e. The lowest BCUT2D eigenvalue weighted by atomic mass is 10.0. The van der Waals surface area contributed by atoms with Crippen molar-refractivity contribution in [3.05, 3.63) is 62.7 Å². The molecule has 2 aromatic carbocycles. The SMILES string of the molecule is Cc1ccc(C(C)Nc2ccccc2I)cc1C. The first kappa shape index (κ1) is 13.4. The zero-order chi connectivity index (χ0) is 13.1. The smallest absolute Gasteiger partial charge is 0.0486 e. The van der Waals surface area contributed by atoms with Gasteiger partial charge in [-0.2, -0.15) is 0 Å². The van der Waals surface area contributed by atoms with E-state index in [1.165, 1.54) is 25.9 Å². The Kier molecular flexibility index (Phi) is 4.27. The molecule has 0 aromatic heterocycles. The summed E-state index contributed by atoms with van der Waals surface area (Å²) in [6.07, 6.45) is 0. The molecule has 2 aromatic rings. The highest BCUT2D eigenvalue weighted by Crippen LogP contribution is 2.24. The van der Waals surface area contributed by atoms with Gasteiger partial charge < -0.3 is 5.32 Å². The lowest BCUT2D eigenvalue weighted by molar-refractivity contribution is 0.880. The Bertz CT molecular complexity index is 549. The molecule has 0 saturated heterocycles. The Morgan fingerprint density at radius 3 is 2.39 bits per heavy atom. The second-order valence-electron chi connectivity index (χ2n) is 4.69. The van der Waals surface area contributed by atoms with Crippen LogP contribution in [0.1, 0.15) is 29.7 Å². The van der Waals surface area contributed by atoms with Crippen molar-refractivity contribution in [1.29, 1.82) is 0 Å². The number of nitrogens with one attached hydrogen (secondary N) is 1. The standard InChI is InChI=1S/C16H18IN/c1-11-8-9-14(10-12(11)2)13(3)18-16-7-5-4-6-15(16)17/h4-10,13,18H,1-3H3. The third-order valence-corrected chi connectivity index (χ3v) is 4.22. The first-order valence-corrected chi connectivity index (χ1v) is 7.24. The quantitative estimate of drug-likeness (QED) is 0.761. The molecule has 1 unspecified atom stereocenters. The van der Waals surface area contributed by atoms with Gasteiger partial charge in [-0.25, -0.2) is 0 Å². The van der Waals surface area contributed by atoms with E-state index in [-0.39, 0.29) is 0 Å². The van der Waals surface area contributed by atoms with Gasteiger partial charge >= 0.3 is 0 Å². The largest absolute Gasteiger partial charge is 0.378 e. The normalized spacial score (nSPS) is 12.2. The third kappa shape index (κ3) is 3.05. The van der Waals surface area contributed by atoms with E-state index in [9.17, 15) is 0 Å². The highest BCUT2D eigenvalue weighted by Gasteiger charge is 2.07. The van der Waals surface area contributed by atoms with Crippen LogP contribution in [0.2, 0.25) is 0 Å². The van der Waals surface area contributed by atoms with Crippen molar-refractivity contribution >= 4 is 28.3 Å². The van der Waals surface area contributed by atoms with E-state index in [1.807, 2.05) is 0 Å². The van der Waals surface area contributed by atoms with Crippen LogP contribution in [0.4, 0.5) is 5.69 Å². The van der Waals surface area contributed by atoms with Crippen molar-refractivity contribution < 1.29 is 0 Å². The molecule has 1 atom stereocenters. The highest BCUT2D eigenvalue weighted by atomic mass is 127. The van der Waals surface area contributed by atoms with Crippen molar-refractivity contribution in [3.8, 4) is 0 Å². The molecule has 0 amide bonds. The van der Waals surface area contributed by atoms with E-state index < -0.39 is 0 Å². The zero-order valence-electron chi connectivity index (χ0n) is 11.0. The third-order valence-electron chi connectivity index (χ3n) is 3.28. The summed E-state index contributed by atoms with van der Waals surface area (Å²) < 4.78 is 1.26. The Labute approximate surface area is 123 Å². The van der Waals surface area contributed by atoms with Crippen LogP contribution in [0.15, 0.2) is 42.5 Å². The number of hydrogen-bond acceptors (Lipinski definition) is 1. The lowest BCUT2D eigenvalue weighted by Gasteiger charge is -2.18. The molecule has 0 aliphatic heterocycles. The van der Waals surface area contributed by atoms with Gasteiger partial charge in [0, 0.05) is 15.3 Å². The van der Waals surface area contributed by atoms with Gasteiger partial charge in [-0.1, -0.05) is 30.3 Å². The summed E-state index contributed by atoms with van der Waals surface area (Å²) in [5.74, 6) is 0. The fraction of sp³-hybridized carbons (Fsp3) is 0.250. The van der Waals surface area contributed by atoms with Gasteiger partial charge in [0.1, 0.15) is 0 Å². The van der Waals surface area contributed by atoms with Gasteiger partial charge in [-0.15, -0.1) is 0 Å². The second kappa shape index (κ2) is 5.74. The van der Waals surface area contributed by atoms with Crippen LogP contribution in [0.5, 0.6) is 0 Å². The van der Waals surface area contributed by atoms with E-state index in [4.69, 9.17) is 0 Å². The van der Waals surface area contributed by atoms with E-state index in [2.05, 4.69) is 91.1 Å². The predicted molar refractivity (Wildman–Crippen MR) is 87.1 cm³/mol. The van der Waals surface area contributed by atoms with Crippen molar-refractivity contribution in [3.63, 3.8) is 0 Å². The van der Waals surface area contributed by atoms with Crippen LogP contribution in [-0.4, -0.2) is 0 Å². The molecular weight excluding hydrogens is 333 g/mol. The van der Waals surface area contributed by atoms with E-state index in [1.54, 1.807) is 0 Å². The maximum Gasteiger partial charge on any atom is 0.0486 e. The molecule has 1 N–H and O–H groups in total. The molecule has 0 aliphatic rings. The minimum absolute atomic E-state index is 0.320. The Hall–Kier alpha value is -1.03. The first-order chi connectivity index (χ1) is 8.58. The lowest BCUT2D eigenvalue weighted by Crippen LogP contribution is -2.08. The molecule has 0 heterocycles. The monoisotopic (exact) mass is 351 g/mol. The maximum atomic E-state index is 3.57. The first-order valence-electron chi connectivity index (χ1n) is 6.16. The molecule has 2 rings (SSSR count). The number of anilines is 1. The zero-order valence-corrected chi connectivity index (χ0v) is 13.2.